The third-order valence-corrected chi connectivity index (χ3v) is 4.03. The van der Waals surface area contributed by atoms with Gasteiger partial charge in [0.25, 0.3) is 0 Å². The van der Waals surface area contributed by atoms with Crippen LogP contribution in [0.25, 0.3) is 11.1 Å². The molecule has 5 nitrogen and oxygen atoms in total. The molecule has 0 saturated carbocycles. The van der Waals surface area contributed by atoms with E-state index in [9.17, 15) is 14.0 Å². The van der Waals surface area contributed by atoms with E-state index in [2.05, 4.69) is 5.32 Å². The van der Waals surface area contributed by atoms with Gasteiger partial charge in [0, 0.05) is 5.69 Å². The molecule has 0 spiro atoms. The lowest BCUT2D eigenvalue weighted by Gasteiger charge is -2.13. The van der Waals surface area contributed by atoms with Gasteiger partial charge in [0.05, 0.1) is 11.4 Å². The van der Waals surface area contributed by atoms with Crippen molar-refractivity contribution in [2.45, 2.75) is 25.8 Å². The van der Waals surface area contributed by atoms with Crippen LogP contribution in [0.4, 0.5) is 10.1 Å². The molecule has 25 heavy (non-hydrogen) atoms. The number of aryl methyl sites for hydroxylation is 1. The fourth-order valence-electron chi connectivity index (χ4n) is 2.35. The second-order valence-electron chi connectivity index (χ2n) is 5.55. The number of hydrogen-bond acceptors (Lipinski definition) is 3. The van der Waals surface area contributed by atoms with E-state index in [-0.39, 0.29) is 11.4 Å². The first-order valence-electron chi connectivity index (χ1n) is 7.68. The number of aliphatic carboxylic acids is 1. The third-order valence-electron chi connectivity index (χ3n) is 3.74. The minimum atomic E-state index is -1.24. The number of nitrogens with one attached hydrogen (secondary N) is 1. The first-order chi connectivity index (χ1) is 11.8. The molecule has 0 fully saturated rings. The van der Waals surface area contributed by atoms with Crippen molar-refractivity contribution in [2.75, 3.05) is 5.32 Å². The average molecular weight is 365 g/mol. The van der Waals surface area contributed by atoms with Crippen molar-refractivity contribution in [3.05, 3.63) is 52.8 Å². The number of nitrogens with two attached hydrogens (primary N) is 1. The molecule has 7 heteroatoms. The summed E-state index contributed by atoms with van der Waals surface area (Å²) in [6, 6.07) is 8.58. The molecule has 0 bridgehead atoms. The molecule has 0 saturated heterocycles. The van der Waals surface area contributed by atoms with Crippen LogP contribution in [-0.4, -0.2) is 23.0 Å². The van der Waals surface area contributed by atoms with Gasteiger partial charge < -0.3 is 16.2 Å². The molecule has 0 radical (unpaired) electrons. The number of benzene rings is 2. The zero-order chi connectivity index (χ0) is 18.6. The van der Waals surface area contributed by atoms with E-state index in [0.29, 0.717) is 12.1 Å². The maximum atomic E-state index is 13.3. The molecule has 0 unspecified atom stereocenters. The molecule has 1 atom stereocenters. The zero-order valence-electron chi connectivity index (χ0n) is 13.6. The maximum absolute atomic E-state index is 13.3. The van der Waals surface area contributed by atoms with E-state index in [1.807, 2.05) is 13.0 Å². The number of hydrogen-bond donors (Lipinski definition) is 3. The molecule has 0 aliphatic heterocycles. The van der Waals surface area contributed by atoms with Crippen molar-refractivity contribution in [3.63, 3.8) is 0 Å². The molecule has 132 valence electrons. The third kappa shape index (κ3) is 4.78. The Morgan fingerprint density at radius 3 is 2.48 bits per heavy atom. The van der Waals surface area contributed by atoms with Gasteiger partial charge >= 0.3 is 5.97 Å². The maximum Gasteiger partial charge on any atom is 0.321 e. The number of rotatable bonds is 6. The Morgan fingerprint density at radius 2 is 1.88 bits per heavy atom. The van der Waals surface area contributed by atoms with Crippen LogP contribution in [0.2, 0.25) is 5.02 Å². The van der Waals surface area contributed by atoms with Crippen molar-refractivity contribution in [1.29, 1.82) is 0 Å². The predicted octanol–water partition coefficient (Wildman–Crippen LogP) is 3.45. The van der Waals surface area contributed by atoms with Crippen LogP contribution < -0.4 is 11.1 Å². The summed E-state index contributed by atoms with van der Waals surface area (Å²) in [6.07, 6.45) is 0.331. The highest BCUT2D eigenvalue weighted by molar-refractivity contribution is 6.31. The number of carbonyl (C=O) groups is 2. The first-order valence-corrected chi connectivity index (χ1v) is 8.06. The Bertz CT molecular complexity index is 811. The lowest BCUT2D eigenvalue weighted by atomic mass is 10.0. The Morgan fingerprint density at radius 1 is 1.24 bits per heavy atom. The second-order valence-corrected chi connectivity index (χ2v) is 5.96. The van der Waals surface area contributed by atoms with E-state index in [0.717, 1.165) is 16.7 Å². The van der Waals surface area contributed by atoms with Crippen LogP contribution in [0.1, 0.15) is 18.9 Å². The Kier molecular flexibility index (Phi) is 6.12. The van der Waals surface area contributed by atoms with E-state index < -0.39 is 23.7 Å². The summed E-state index contributed by atoms with van der Waals surface area (Å²) in [5.74, 6) is -2.18. The number of anilines is 1. The quantitative estimate of drug-likeness (QED) is 0.732. The van der Waals surface area contributed by atoms with Crippen molar-refractivity contribution in [1.82, 2.24) is 0 Å². The molecule has 0 aliphatic rings. The summed E-state index contributed by atoms with van der Waals surface area (Å²) < 4.78 is 13.3. The van der Waals surface area contributed by atoms with Crippen LogP contribution in [-0.2, 0) is 16.0 Å². The van der Waals surface area contributed by atoms with Gasteiger partial charge in [-0.05, 0) is 47.4 Å². The van der Waals surface area contributed by atoms with Gasteiger partial charge in [0.2, 0.25) is 5.91 Å². The van der Waals surface area contributed by atoms with E-state index in [4.69, 9.17) is 22.4 Å². The predicted molar refractivity (Wildman–Crippen MR) is 95.1 cm³/mol. The molecule has 2 aromatic carbocycles. The van der Waals surface area contributed by atoms with E-state index in [1.54, 1.807) is 18.2 Å². The summed E-state index contributed by atoms with van der Waals surface area (Å²) in [5.41, 5.74) is 8.40. The largest absolute Gasteiger partial charge is 0.480 e. The molecule has 0 aliphatic carbocycles. The molecule has 4 N–H and O–H groups in total. The number of carboxylic acids is 1. The Balaban J connectivity index is 2.23. The zero-order valence-corrected chi connectivity index (χ0v) is 14.3. The fraction of sp³-hybridized carbons (Fsp3) is 0.222. The Hall–Kier alpha value is -2.44. The first kappa shape index (κ1) is 18.9. The summed E-state index contributed by atoms with van der Waals surface area (Å²) in [4.78, 5) is 22.6. The molecule has 2 aromatic rings. The highest BCUT2D eigenvalue weighted by Gasteiger charge is 2.17. The summed E-state index contributed by atoms with van der Waals surface area (Å²) >= 11 is 5.82. The van der Waals surface area contributed by atoms with Gasteiger partial charge in [-0.1, -0.05) is 30.7 Å². The van der Waals surface area contributed by atoms with E-state index >= 15 is 0 Å². The van der Waals surface area contributed by atoms with Crippen molar-refractivity contribution in [3.8, 4) is 11.1 Å². The van der Waals surface area contributed by atoms with E-state index in [1.165, 1.54) is 12.1 Å². The van der Waals surface area contributed by atoms with Crippen LogP contribution in [0.15, 0.2) is 36.4 Å². The van der Waals surface area contributed by atoms with Crippen molar-refractivity contribution < 1.29 is 19.1 Å². The molecule has 2 rings (SSSR count). The Labute approximate surface area is 149 Å². The van der Waals surface area contributed by atoms with Crippen LogP contribution in [0, 0.1) is 5.82 Å². The van der Waals surface area contributed by atoms with Crippen LogP contribution in [0.5, 0.6) is 0 Å². The summed E-state index contributed by atoms with van der Waals surface area (Å²) in [5, 5.41) is 11.5. The van der Waals surface area contributed by atoms with Crippen LogP contribution >= 0.6 is 11.6 Å². The molecular weight excluding hydrogens is 347 g/mol. The second kappa shape index (κ2) is 8.09. The number of carboxylic acid groups (broad SMARTS) is 1. The number of amides is 1. The minimum Gasteiger partial charge on any atom is -0.480 e. The van der Waals surface area contributed by atoms with Gasteiger partial charge in [-0.3, -0.25) is 9.59 Å². The highest BCUT2D eigenvalue weighted by Crippen LogP contribution is 2.28. The highest BCUT2D eigenvalue weighted by atomic mass is 35.5. The molecule has 0 heterocycles. The number of halogens is 2. The van der Waals surface area contributed by atoms with Gasteiger partial charge in [0.15, 0.2) is 0 Å². The normalized spacial score (nSPS) is 11.8. The summed E-state index contributed by atoms with van der Waals surface area (Å²) in [7, 11) is 0. The van der Waals surface area contributed by atoms with Gasteiger partial charge in [-0.25, -0.2) is 4.39 Å². The average Bonchev–Trinajstić information content (AvgIpc) is 2.57. The smallest absolute Gasteiger partial charge is 0.321 e. The van der Waals surface area contributed by atoms with Crippen molar-refractivity contribution in [2.24, 2.45) is 5.73 Å². The standard InChI is InChI=1S/C18H18ClFN2O3/c1-2-10-7-11(12-3-5-14(20)13(19)8-12)4-6-16(10)22-17(23)9-15(21)18(24)25/h3-8,15H,2,9,21H2,1H3,(H,22,23)(H,24,25)/t15-/m0/s1. The summed E-state index contributed by atoms with van der Waals surface area (Å²) in [6.45, 7) is 1.93. The van der Waals surface area contributed by atoms with Crippen LogP contribution in [0.3, 0.4) is 0 Å². The molecule has 1 amide bonds. The van der Waals surface area contributed by atoms with Gasteiger partial charge in [0.1, 0.15) is 11.9 Å². The monoisotopic (exact) mass is 364 g/mol. The number of carbonyl (C=O) groups excluding carboxylic acids is 1. The topological polar surface area (TPSA) is 92.4 Å². The van der Waals surface area contributed by atoms with Gasteiger partial charge in [-0.15, -0.1) is 0 Å². The lowest BCUT2D eigenvalue weighted by Crippen LogP contribution is -2.34. The SMILES string of the molecule is CCc1cc(-c2ccc(F)c(Cl)c2)ccc1NC(=O)C[C@H](N)C(=O)O. The molecular formula is C18H18ClFN2O3. The minimum absolute atomic E-state index is 0.0376. The van der Waals surface area contributed by atoms with Crippen molar-refractivity contribution >= 4 is 29.2 Å². The molecule has 0 aromatic heterocycles. The fourth-order valence-corrected chi connectivity index (χ4v) is 2.53. The van der Waals surface area contributed by atoms with Gasteiger partial charge in [-0.2, -0.15) is 0 Å². The lowest BCUT2D eigenvalue weighted by molar-refractivity contribution is -0.140.